The van der Waals surface area contributed by atoms with Gasteiger partial charge in [-0.05, 0) is 51.0 Å². The maximum absolute atomic E-state index is 6.08. The summed E-state index contributed by atoms with van der Waals surface area (Å²) < 4.78 is 13.7. The third-order valence-corrected chi connectivity index (χ3v) is 3.95. The average molecular weight is 388 g/mol. The molecule has 0 saturated carbocycles. The first kappa shape index (κ1) is 23.3. The molecule has 1 aromatic carbocycles. The maximum Gasteiger partial charge on any atom is 0.132 e. The van der Waals surface area contributed by atoms with Crippen molar-refractivity contribution in [1.82, 2.24) is 9.55 Å². The second-order valence-electron chi connectivity index (χ2n) is 6.06. The van der Waals surface area contributed by atoms with E-state index < -0.39 is 0 Å². The quantitative estimate of drug-likeness (QED) is 0.365. The Morgan fingerprint density at radius 2 is 1.82 bits per heavy atom. The van der Waals surface area contributed by atoms with Crippen LogP contribution in [-0.2, 0) is 18.5 Å². The van der Waals surface area contributed by atoms with E-state index in [9.17, 15) is 0 Å². The van der Waals surface area contributed by atoms with Crippen LogP contribution in [0.5, 0.6) is 11.5 Å². The molecule has 2 rings (SSSR count). The smallest absolute Gasteiger partial charge is 0.132 e. The summed E-state index contributed by atoms with van der Waals surface area (Å²) in [5, 5.41) is 4.00. The molecule has 0 saturated heterocycles. The Morgan fingerprint density at radius 3 is 2.39 bits per heavy atom. The molecule has 0 fully saturated rings. The van der Waals surface area contributed by atoms with Crippen molar-refractivity contribution in [2.24, 2.45) is 12.2 Å². The third-order valence-electron chi connectivity index (χ3n) is 3.95. The van der Waals surface area contributed by atoms with Crippen LogP contribution in [0.1, 0.15) is 50.2 Å². The van der Waals surface area contributed by atoms with Crippen molar-refractivity contribution in [3.63, 3.8) is 0 Å². The SMILES string of the molecule is C/C=C/COc1cc(C)c(OCc2ncn(C)c2/C(C)=N\OC)c(C)c1.CC. The number of benzene rings is 1. The summed E-state index contributed by atoms with van der Waals surface area (Å²) in [7, 11) is 3.45. The first-order valence-electron chi connectivity index (χ1n) is 9.54. The molecule has 1 aromatic heterocycles. The number of allylic oxidation sites excluding steroid dienone is 1. The van der Waals surface area contributed by atoms with Crippen LogP contribution >= 0.6 is 0 Å². The molecule has 0 aliphatic carbocycles. The Morgan fingerprint density at radius 1 is 1.18 bits per heavy atom. The molecule has 0 radical (unpaired) electrons. The molecular formula is C22H33N3O3. The minimum Gasteiger partial charge on any atom is -0.490 e. The summed E-state index contributed by atoms with van der Waals surface area (Å²) in [6.45, 7) is 12.8. The number of rotatable bonds is 8. The summed E-state index contributed by atoms with van der Waals surface area (Å²) in [5.74, 6) is 1.69. The van der Waals surface area contributed by atoms with Crippen LogP contribution in [0.4, 0.5) is 0 Å². The molecule has 2 aromatic rings. The van der Waals surface area contributed by atoms with Gasteiger partial charge in [-0.2, -0.15) is 0 Å². The van der Waals surface area contributed by atoms with Crippen molar-refractivity contribution in [2.75, 3.05) is 13.7 Å². The topological polar surface area (TPSA) is 57.9 Å². The van der Waals surface area contributed by atoms with Gasteiger partial charge in [0.25, 0.3) is 0 Å². The number of aryl methyl sites for hydroxylation is 3. The number of hydrogen-bond donors (Lipinski definition) is 0. The number of imidazole rings is 1. The molecular weight excluding hydrogens is 354 g/mol. The lowest BCUT2D eigenvalue weighted by molar-refractivity contribution is 0.213. The van der Waals surface area contributed by atoms with E-state index in [-0.39, 0.29) is 0 Å². The van der Waals surface area contributed by atoms with E-state index in [0.29, 0.717) is 13.2 Å². The first-order valence-corrected chi connectivity index (χ1v) is 9.54. The maximum atomic E-state index is 6.08. The molecule has 0 aliphatic rings. The first-order chi connectivity index (χ1) is 13.5. The van der Waals surface area contributed by atoms with Gasteiger partial charge in [-0.1, -0.05) is 31.2 Å². The fourth-order valence-electron chi connectivity index (χ4n) is 2.83. The fraction of sp³-hybridized carbons (Fsp3) is 0.455. The van der Waals surface area contributed by atoms with Crippen molar-refractivity contribution in [3.8, 4) is 11.5 Å². The molecule has 154 valence electrons. The van der Waals surface area contributed by atoms with E-state index in [0.717, 1.165) is 39.7 Å². The van der Waals surface area contributed by atoms with Crippen LogP contribution in [0, 0.1) is 13.8 Å². The molecule has 6 heteroatoms. The van der Waals surface area contributed by atoms with Gasteiger partial charge < -0.3 is 18.9 Å². The van der Waals surface area contributed by atoms with Crippen molar-refractivity contribution in [3.05, 3.63) is 53.1 Å². The van der Waals surface area contributed by atoms with E-state index in [1.165, 1.54) is 7.11 Å². The van der Waals surface area contributed by atoms with E-state index in [4.69, 9.17) is 14.3 Å². The van der Waals surface area contributed by atoms with Gasteiger partial charge in [-0.3, -0.25) is 0 Å². The van der Waals surface area contributed by atoms with Crippen LogP contribution in [0.25, 0.3) is 0 Å². The zero-order valence-electron chi connectivity index (χ0n) is 18.4. The molecule has 6 nitrogen and oxygen atoms in total. The molecule has 0 amide bonds. The molecule has 0 bridgehead atoms. The molecule has 0 atom stereocenters. The molecule has 0 aliphatic heterocycles. The lowest BCUT2D eigenvalue weighted by Gasteiger charge is -2.14. The number of oxime groups is 1. The Labute approximate surface area is 168 Å². The van der Waals surface area contributed by atoms with Gasteiger partial charge in [-0.25, -0.2) is 4.98 Å². The van der Waals surface area contributed by atoms with Gasteiger partial charge >= 0.3 is 0 Å². The number of nitrogens with zero attached hydrogens (tertiary/aromatic N) is 3. The van der Waals surface area contributed by atoms with Crippen molar-refractivity contribution in [2.45, 2.75) is 48.1 Å². The summed E-state index contributed by atoms with van der Waals surface area (Å²) in [6.07, 6.45) is 5.69. The predicted octanol–water partition coefficient (Wildman–Crippen LogP) is 4.97. The Kier molecular flexibility index (Phi) is 9.85. The van der Waals surface area contributed by atoms with Crippen LogP contribution in [0.3, 0.4) is 0 Å². The zero-order chi connectivity index (χ0) is 21.1. The van der Waals surface area contributed by atoms with Crippen molar-refractivity contribution in [1.29, 1.82) is 0 Å². The lowest BCUT2D eigenvalue weighted by Crippen LogP contribution is -2.09. The van der Waals surface area contributed by atoms with Gasteiger partial charge in [0.1, 0.15) is 43.2 Å². The van der Waals surface area contributed by atoms with Gasteiger partial charge in [0.15, 0.2) is 0 Å². The highest BCUT2D eigenvalue weighted by Crippen LogP contribution is 2.29. The van der Waals surface area contributed by atoms with Crippen LogP contribution in [-0.4, -0.2) is 29.0 Å². The second-order valence-corrected chi connectivity index (χ2v) is 6.06. The summed E-state index contributed by atoms with van der Waals surface area (Å²) >= 11 is 0. The van der Waals surface area contributed by atoms with E-state index in [1.807, 2.05) is 77.4 Å². The van der Waals surface area contributed by atoms with Crippen LogP contribution in [0.15, 0.2) is 35.8 Å². The number of hydrogen-bond acceptors (Lipinski definition) is 5. The lowest BCUT2D eigenvalue weighted by atomic mass is 10.1. The monoisotopic (exact) mass is 387 g/mol. The fourth-order valence-corrected chi connectivity index (χ4v) is 2.83. The van der Waals surface area contributed by atoms with Crippen molar-refractivity contribution >= 4 is 5.71 Å². The summed E-state index contributed by atoms with van der Waals surface area (Å²) in [4.78, 5) is 9.31. The second kappa shape index (κ2) is 11.8. The third kappa shape index (κ3) is 6.15. The zero-order valence-corrected chi connectivity index (χ0v) is 18.4. The highest BCUT2D eigenvalue weighted by atomic mass is 16.6. The number of aromatic nitrogens is 2. The van der Waals surface area contributed by atoms with Gasteiger partial charge in [-0.15, -0.1) is 0 Å². The Balaban J connectivity index is 0.00000190. The molecule has 0 spiro atoms. The molecule has 1 heterocycles. The Hall–Kier alpha value is -2.76. The summed E-state index contributed by atoms with van der Waals surface area (Å²) in [5.41, 5.74) is 4.53. The molecule has 28 heavy (non-hydrogen) atoms. The van der Waals surface area contributed by atoms with Crippen molar-refractivity contribution < 1.29 is 14.3 Å². The largest absolute Gasteiger partial charge is 0.490 e. The minimum absolute atomic E-state index is 0.354. The van der Waals surface area contributed by atoms with Gasteiger partial charge in [0, 0.05) is 7.05 Å². The average Bonchev–Trinajstić information content (AvgIpc) is 3.04. The Bertz CT molecular complexity index is 784. The number of ether oxygens (including phenoxy) is 2. The molecule has 0 N–H and O–H groups in total. The highest BCUT2D eigenvalue weighted by Gasteiger charge is 2.15. The van der Waals surface area contributed by atoms with Gasteiger partial charge in [0.2, 0.25) is 0 Å². The minimum atomic E-state index is 0.354. The predicted molar refractivity (Wildman–Crippen MR) is 114 cm³/mol. The van der Waals surface area contributed by atoms with Crippen LogP contribution < -0.4 is 9.47 Å². The van der Waals surface area contributed by atoms with Crippen LogP contribution in [0.2, 0.25) is 0 Å². The summed E-state index contributed by atoms with van der Waals surface area (Å²) in [6, 6.07) is 3.98. The van der Waals surface area contributed by atoms with E-state index in [2.05, 4.69) is 10.1 Å². The van der Waals surface area contributed by atoms with Gasteiger partial charge in [0.05, 0.1) is 12.0 Å². The standard InChI is InChI=1S/C20H27N3O3.C2H6/c1-7-8-9-25-17-10-14(2)20(15(3)11-17)26-12-18-19(16(4)22-24-6)23(5)13-21-18;1-2/h7-8,10-11,13H,9,12H2,1-6H3;1-2H3/b8-7+,22-16-;. The highest BCUT2D eigenvalue weighted by molar-refractivity contribution is 5.97. The van der Waals surface area contributed by atoms with E-state index >= 15 is 0 Å². The normalized spacial score (nSPS) is 11.2. The van der Waals surface area contributed by atoms with E-state index in [1.54, 1.807) is 6.33 Å². The molecule has 0 unspecified atom stereocenters.